The number of nitrogens with zero attached hydrogens (tertiary/aromatic N) is 1. The highest BCUT2D eigenvalue weighted by atomic mass is 79.9. The molecule has 96 valence electrons. The molecular formula is C12H11BrClNO2S. The Bertz CT molecular complexity index is 509. The average Bonchev–Trinajstić information content (AvgIpc) is 2.62. The number of thioether (sulfide) groups is 1. The van der Waals surface area contributed by atoms with Gasteiger partial charge in [0.25, 0.3) is 0 Å². The maximum absolute atomic E-state index is 11.9. The lowest BCUT2D eigenvalue weighted by Gasteiger charge is -2.17. The topological polar surface area (TPSA) is 37.4 Å². The summed E-state index contributed by atoms with van der Waals surface area (Å²) in [5, 5.41) is 0.656. The van der Waals surface area contributed by atoms with Gasteiger partial charge in [0.05, 0.1) is 5.02 Å². The fourth-order valence-electron chi connectivity index (χ4n) is 1.89. The summed E-state index contributed by atoms with van der Waals surface area (Å²) in [6.45, 7) is 2.08. The van der Waals surface area contributed by atoms with E-state index in [1.807, 2.05) is 12.1 Å². The second kappa shape index (κ2) is 5.63. The maximum Gasteiger partial charge on any atom is 0.228 e. The Labute approximate surface area is 123 Å². The van der Waals surface area contributed by atoms with Gasteiger partial charge in [-0.15, -0.1) is 0 Å². The third-order valence-corrected chi connectivity index (χ3v) is 4.85. The minimum atomic E-state index is 0.0344. The van der Waals surface area contributed by atoms with E-state index < -0.39 is 0 Å². The fraction of sp³-hybridized carbons (Fsp3) is 0.333. The molecule has 1 amide bonds. The number of carbonyl (C=O) groups excluding carboxylic acids is 2. The van der Waals surface area contributed by atoms with Gasteiger partial charge >= 0.3 is 0 Å². The van der Waals surface area contributed by atoms with Crippen LogP contribution in [0.4, 0.5) is 5.69 Å². The Morgan fingerprint density at radius 1 is 1.56 bits per heavy atom. The predicted molar refractivity (Wildman–Crippen MR) is 78.2 cm³/mol. The molecule has 1 heterocycles. The Kier molecular flexibility index (Phi) is 4.35. The van der Waals surface area contributed by atoms with Crippen molar-refractivity contribution in [2.75, 3.05) is 11.4 Å². The summed E-state index contributed by atoms with van der Waals surface area (Å²) < 4.78 is 0.800. The highest BCUT2D eigenvalue weighted by molar-refractivity contribution is 9.10. The first kappa shape index (κ1) is 13.9. The van der Waals surface area contributed by atoms with Crippen molar-refractivity contribution in [1.82, 2.24) is 0 Å². The van der Waals surface area contributed by atoms with Crippen LogP contribution in [0.2, 0.25) is 5.02 Å². The molecule has 0 radical (unpaired) electrons. The molecule has 6 heteroatoms. The molecule has 1 aliphatic rings. The first-order valence-corrected chi connectivity index (χ1v) is 7.45. The molecule has 0 saturated carbocycles. The van der Waals surface area contributed by atoms with Gasteiger partial charge in [-0.2, -0.15) is 0 Å². The van der Waals surface area contributed by atoms with Gasteiger partial charge in [0, 0.05) is 35.3 Å². The minimum absolute atomic E-state index is 0.0344. The summed E-state index contributed by atoms with van der Waals surface area (Å²) in [4.78, 5) is 24.6. The second-order valence-corrected chi connectivity index (χ2v) is 6.78. The molecular weight excluding hydrogens is 338 g/mol. The smallest absolute Gasteiger partial charge is 0.228 e. The van der Waals surface area contributed by atoms with Crippen LogP contribution >= 0.6 is 39.3 Å². The van der Waals surface area contributed by atoms with E-state index in [1.165, 1.54) is 18.7 Å². The van der Waals surface area contributed by atoms with Crippen molar-refractivity contribution in [2.45, 2.75) is 18.6 Å². The van der Waals surface area contributed by atoms with E-state index in [0.717, 1.165) is 10.2 Å². The summed E-state index contributed by atoms with van der Waals surface area (Å²) in [5.41, 5.74) is 0.778. The van der Waals surface area contributed by atoms with Gasteiger partial charge in [-0.25, -0.2) is 0 Å². The monoisotopic (exact) mass is 347 g/mol. The Morgan fingerprint density at radius 2 is 2.28 bits per heavy atom. The number of carbonyl (C=O) groups is 2. The van der Waals surface area contributed by atoms with Gasteiger partial charge in [-0.1, -0.05) is 23.4 Å². The first-order chi connectivity index (χ1) is 8.47. The van der Waals surface area contributed by atoms with Crippen molar-refractivity contribution < 1.29 is 9.59 Å². The van der Waals surface area contributed by atoms with Gasteiger partial charge in [0.15, 0.2) is 5.12 Å². The molecule has 2 rings (SSSR count). The molecule has 0 spiro atoms. The summed E-state index contributed by atoms with van der Waals surface area (Å²) in [6.07, 6.45) is 0.401. The van der Waals surface area contributed by atoms with Crippen molar-refractivity contribution in [3.05, 3.63) is 27.7 Å². The van der Waals surface area contributed by atoms with E-state index in [1.54, 1.807) is 11.0 Å². The average molecular weight is 349 g/mol. The lowest BCUT2D eigenvalue weighted by Crippen LogP contribution is -2.24. The second-order valence-electron chi connectivity index (χ2n) is 4.04. The lowest BCUT2D eigenvalue weighted by molar-refractivity contribution is -0.117. The van der Waals surface area contributed by atoms with Crippen LogP contribution in [-0.2, 0) is 9.59 Å². The zero-order chi connectivity index (χ0) is 13.3. The molecule has 0 aromatic heterocycles. The number of anilines is 1. The third-order valence-electron chi connectivity index (χ3n) is 2.64. The highest BCUT2D eigenvalue weighted by Crippen LogP contribution is 2.32. The normalized spacial score (nSPS) is 19.4. The van der Waals surface area contributed by atoms with Crippen LogP contribution in [0.1, 0.15) is 13.3 Å². The Hall–Kier alpha value is -0.520. The molecule has 1 saturated heterocycles. The van der Waals surface area contributed by atoms with E-state index in [4.69, 9.17) is 11.6 Å². The van der Waals surface area contributed by atoms with Crippen molar-refractivity contribution in [3.8, 4) is 0 Å². The molecule has 1 aromatic rings. The zero-order valence-corrected chi connectivity index (χ0v) is 12.8. The number of benzene rings is 1. The van der Waals surface area contributed by atoms with Crippen molar-refractivity contribution in [1.29, 1.82) is 0 Å². The Morgan fingerprint density at radius 3 is 2.89 bits per heavy atom. The van der Waals surface area contributed by atoms with Crippen molar-refractivity contribution in [3.63, 3.8) is 0 Å². The number of rotatable bonds is 2. The summed E-state index contributed by atoms with van der Waals surface area (Å²) >= 11 is 10.6. The van der Waals surface area contributed by atoms with Gasteiger partial charge in [-0.3, -0.25) is 9.59 Å². The van der Waals surface area contributed by atoms with Crippen LogP contribution in [0.25, 0.3) is 0 Å². The molecule has 0 bridgehead atoms. The molecule has 1 aromatic carbocycles. The number of halogens is 2. The molecule has 0 N–H and O–H groups in total. The van der Waals surface area contributed by atoms with E-state index >= 15 is 0 Å². The van der Waals surface area contributed by atoms with E-state index in [2.05, 4.69) is 15.9 Å². The standard InChI is InChI=1S/C12H11BrClNO2S/c1-7(16)18-9-5-12(17)15(6-9)8-2-3-10(13)11(14)4-8/h2-4,9H,5-6H2,1H3. The highest BCUT2D eigenvalue weighted by Gasteiger charge is 2.31. The van der Waals surface area contributed by atoms with E-state index in [-0.39, 0.29) is 16.3 Å². The van der Waals surface area contributed by atoms with E-state index in [9.17, 15) is 9.59 Å². The molecule has 1 atom stereocenters. The van der Waals surface area contributed by atoms with Crippen molar-refractivity contribution in [2.24, 2.45) is 0 Å². The van der Waals surface area contributed by atoms with Crippen LogP contribution in [0, 0.1) is 0 Å². The largest absolute Gasteiger partial charge is 0.311 e. The van der Waals surface area contributed by atoms with Gasteiger partial charge in [0.1, 0.15) is 0 Å². The lowest BCUT2D eigenvalue weighted by atomic mass is 10.3. The molecule has 1 fully saturated rings. The SMILES string of the molecule is CC(=O)SC1CC(=O)N(c2ccc(Br)c(Cl)c2)C1. The quantitative estimate of drug-likeness (QED) is 0.821. The van der Waals surface area contributed by atoms with Gasteiger partial charge < -0.3 is 4.90 Å². The molecule has 3 nitrogen and oxygen atoms in total. The number of hydrogen-bond acceptors (Lipinski definition) is 3. The van der Waals surface area contributed by atoms with Crippen LogP contribution in [-0.4, -0.2) is 22.8 Å². The van der Waals surface area contributed by atoms with Crippen LogP contribution in [0.3, 0.4) is 0 Å². The predicted octanol–water partition coefficient (Wildman–Crippen LogP) is 3.49. The van der Waals surface area contributed by atoms with Crippen molar-refractivity contribution >= 4 is 56.0 Å². The molecule has 18 heavy (non-hydrogen) atoms. The van der Waals surface area contributed by atoms with Gasteiger partial charge in [0.2, 0.25) is 5.91 Å². The maximum atomic E-state index is 11.9. The molecule has 0 aliphatic carbocycles. The van der Waals surface area contributed by atoms with E-state index in [0.29, 0.717) is 18.0 Å². The van der Waals surface area contributed by atoms with Crippen LogP contribution in [0.5, 0.6) is 0 Å². The minimum Gasteiger partial charge on any atom is -0.311 e. The first-order valence-electron chi connectivity index (χ1n) is 5.40. The fourth-order valence-corrected chi connectivity index (χ4v) is 3.23. The summed E-state index contributed by atoms with van der Waals surface area (Å²) in [5.74, 6) is 0.0344. The molecule has 1 aliphatic heterocycles. The third kappa shape index (κ3) is 3.08. The Balaban J connectivity index is 2.16. The summed E-state index contributed by atoms with van der Waals surface area (Å²) in [6, 6.07) is 5.41. The summed E-state index contributed by atoms with van der Waals surface area (Å²) in [7, 11) is 0. The van der Waals surface area contributed by atoms with Crippen LogP contribution in [0.15, 0.2) is 22.7 Å². The number of hydrogen-bond donors (Lipinski definition) is 0. The zero-order valence-electron chi connectivity index (χ0n) is 9.65. The van der Waals surface area contributed by atoms with Crippen LogP contribution < -0.4 is 4.90 Å². The number of amides is 1. The molecule has 1 unspecified atom stereocenters. The van der Waals surface area contributed by atoms with Gasteiger partial charge in [-0.05, 0) is 34.1 Å².